The Hall–Kier alpha value is -2.09. The van der Waals surface area contributed by atoms with Crippen LogP contribution >= 0.6 is 0 Å². The van der Waals surface area contributed by atoms with Crippen LogP contribution in [-0.4, -0.2) is 0 Å². The Bertz CT molecular complexity index is 719. The van der Waals surface area contributed by atoms with Crippen LogP contribution < -0.4 is 5.32 Å². The third kappa shape index (κ3) is 2.06. The zero-order valence-electron chi connectivity index (χ0n) is 12.0. The predicted molar refractivity (Wildman–Crippen MR) is 83.9 cm³/mol. The molecule has 0 aromatic heterocycles. The molecule has 0 amide bonds. The van der Waals surface area contributed by atoms with Gasteiger partial charge in [-0.05, 0) is 48.6 Å². The number of allylic oxidation sites excluding steroid dienone is 2. The summed E-state index contributed by atoms with van der Waals surface area (Å²) < 4.78 is 13.6. The quantitative estimate of drug-likeness (QED) is 0.727. The summed E-state index contributed by atoms with van der Waals surface area (Å²) in [5, 5.41) is 3.63. The smallest absolute Gasteiger partial charge is 0.123 e. The normalized spacial score (nSPS) is 26.1. The van der Waals surface area contributed by atoms with Crippen LogP contribution in [0.15, 0.2) is 54.6 Å². The van der Waals surface area contributed by atoms with E-state index < -0.39 is 0 Å². The van der Waals surface area contributed by atoms with E-state index in [1.165, 1.54) is 22.9 Å². The van der Waals surface area contributed by atoms with Gasteiger partial charge in [-0.25, -0.2) is 4.39 Å². The first kappa shape index (κ1) is 12.6. The molecule has 3 atom stereocenters. The maximum atomic E-state index is 13.6. The van der Waals surface area contributed by atoms with Gasteiger partial charge in [0.1, 0.15) is 5.82 Å². The lowest BCUT2D eigenvalue weighted by Gasteiger charge is -2.37. The Kier molecular flexibility index (Phi) is 2.85. The zero-order chi connectivity index (χ0) is 14.4. The maximum Gasteiger partial charge on any atom is 0.123 e. The van der Waals surface area contributed by atoms with Gasteiger partial charge in [0.2, 0.25) is 0 Å². The largest absolute Gasteiger partial charge is 0.378 e. The van der Waals surface area contributed by atoms with Gasteiger partial charge in [0.25, 0.3) is 0 Å². The molecule has 2 aromatic carbocycles. The SMILES string of the molecule is Cc1ccc2c(c1)[C@@H]1C=CC[C@H]1[C@@H](c1cccc(F)c1)N2. The average molecular weight is 279 g/mol. The number of hydrogen-bond donors (Lipinski definition) is 1. The summed E-state index contributed by atoms with van der Waals surface area (Å²) in [7, 11) is 0. The van der Waals surface area contributed by atoms with Crippen molar-refractivity contribution in [1.82, 2.24) is 0 Å². The molecule has 0 spiro atoms. The average Bonchev–Trinajstić information content (AvgIpc) is 2.96. The van der Waals surface area contributed by atoms with Gasteiger partial charge >= 0.3 is 0 Å². The van der Waals surface area contributed by atoms with E-state index in [0.29, 0.717) is 11.8 Å². The topological polar surface area (TPSA) is 12.0 Å². The lowest BCUT2D eigenvalue weighted by atomic mass is 9.76. The summed E-state index contributed by atoms with van der Waals surface area (Å²) in [6.07, 6.45) is 5.63. The second-order valence-corrected chi connectivity index (χ2v) is 6.12. The minimum Gasteiger partial charge on any atom is -0.378 e. The van der Waals surface area contributed by atoms with Crippen LogP contribution in [-0.2, 0) is 0 Å². The molecule has 0 radical (unpaired) electrons. The molecule has 1 aliphatic heterocycles. The highest BCUT2D eigenvalue weighted by Gasteiger charge is 2.37. The fourth-order valence-electron chi connectivity index (χ4n) is 3.74. The van der Waals surface area contributed by atoms with Crippen molar-refractivity contribution in [2.24, 2.45) is 5.92 Å². The number of nitrogens with one attached hydrogen (secondary N) is 1. The van der Waals surface area contributed by atoms with Gasteiger partial charge in [-0.2, -0.15) is 0 Å². The van der Waals surface area contributed by atoms with Crippen LogP contribution in [0, 0.1) is 18.7 Å². The minimum absolute atomic E-state index is 0.161. The van der Waals surface area contributed by atoms with Crippen LogP contribution in [0.3, 0.4) is 0 Å². The summed E-state index contributed by atoms with van der Waals surface area (Å²) in [5.74, 6) is 0.752. The van der Waals surface area contributed by atoms with Crippen molar-refractivity contribution in [3.63, 3.8) is 0 Å². The molecule has 1 heterocycles. The lowest BCUT2D eigenvalue weighted by molar-refractivity contribution is 0.424. The molecule has 106 valence electrons. The Morgan fingerprint density at radius 2 is 2.05 bits per heavy atom. The Labute approximate surface area is 124 Å². The number of anilines is 1. The zero-order valence-corrected chi connectivity index (χ0v) is 12.0. The molecule has 21 heavy (non-hydrogen) atoms. The minimum atomic E-state index is -0.161. The van der Waals surface area contributed by atoms with Crippen LogP contribution in [0.25, 0.3) is 0 Å². The van der Waals surface area contributed by atoms with Gasteiger partial charge in [0.15, 0.2) is 0 Å². The fourth-order valence-corrected chi connectivity index (χ4v) is 3.74. The maximum absolute atomic E-state index is 13.6. The molecule has 0 saturated carbocycles. The van der Waals surface area contributed by atoms with Crippen molar-refractivity contribution in [3.8, 4) is 0 Å². The van der Waals surface area contributed by atoms with Crippen molar-refractivity contribution >= 4 is 5.69 Å². The van der Waals surface area contributed by atoms with Gasteiger partial charge in [-0.15, -0.1) is 0 Å². The van der Waals surface area contributed by atoms with Crippen molar-refractivity contribution < 1.29 is 4.39 Å². The van der Waals surface area contributed by atoms with E-state index in [9.17, 15) is 4.39 Å². The molecule has 1 nitrogen and oxygen atoms in total. The molecular formula is C19H18FN. The first-order chi connectivity index (χ1) is 10.2. The lowest BCUT2D eigenvalue weighted by Crippen LogP contribution is -2.29. The monoisotopic (exact) mass is 279 g/mol. The van der Waals surface area contributed by atoms with Gasteiger partial charge in [-0.1, -0.05) is 42.0 Å². The Balaban J connectivity index is 1.80. The van der Waals surface area contributed by atoms with Crippen molar-refractivity contribution in [2.45, 2.75) is 25.3 Å². The predicted octanol–water partition coefficient (Wildman–Crippen LogP) is 4.96. The van der Waals surface area contributed by atoms with Gasteiger partial charge in [0.05, 0.1) is 6.04 Å². The second-order valence-electron chi connectivity index (χ2n) is 6.12. The first-order valence-corrected chi connectivity index (χ1v) is 7.51. The molecule has 0 bridgehead atoms. The molecule has 2 aromatic rings. The highest BCUT2D eigenvalue weighted by atomic mass is 19.1. The Morgan fingerprint density at radius 1 is 1.14 bits per heavy atom. The number of hydrogen-bond acceptors (Lipinski definition) is 1. The highest BCUT2D eigenvalue weighted by Crippen LogP contribution is 2.49. The number of aryl methyl sites for hydroxylation is 1. The summed E-state index contributed by atoms with van der Waals surface area (Å²) in [6.45, 7) is 2.13. The standard InChI is InChI=1S/C19H18FN/c1-12-8-9-18-17(10-12)15-6-3-7-16(15)19(21-18)13-4-2-5-14(20)11-13/h2-6,8-11,15-16,19,21H,7H2,1H3/t15-,16-,19-/m1/s1. The number of rotatable bonds is 1. The first-order valence-electron chi connectivity index (χ1n) is 7.51. The molecule has 2 heteroatoms. The van der Waals surface area contributed by atoms with Crippen LogP contribution in [0.1, 0.15) is 35.1 Å². The molecule has 0 fully saturated rings. The van der Waals surface area contributed by atoms with Crippen molar-refractivity contribution in [1.29, 1.82) is 0 Å². The number of halogens is 1. The third-order valence-corrected chi connectivity index (χ3v) is 4.73. The summed E-state index contributed by atoms with van der Waals surface area (Å²) in [4.78, 5) is 0. The van der Waals surface area contributed by atoms with E-state index >= 15 is 0 Å². The van der Waals surface area contributed by atoms with E-state index in [4.69, 9.17) is 0 Å². The van der Waals surface area contributed by atoms with E-state index in [-0.39, 0.29) is 11.9 Å². The van der Waals surface area contributed by atoms with Crippen molar-refractivity contribution in [3.05, 3.63) is 77.1 Å². The third-order valence-electron chi connectivity index (χ3n) is 4.73. The van der Waals surface area contributed by atoms with Gasteiger partial charge in [0, 0.05) is 11.6 Å². The number of fused-ring (bicyclic) bond motifs is 3. The molecular weight excluding hydrogens is 261 g/mol. The van der Waals surface area contributed by atoms with Crippen LogP contribution in [0.2, 0.25) is 0 Å². The van der Waals surface area contributed by atoms with E-state index in [0.717, 1.165) is 12.0 Å². The highest BCUT2D eigenvalue weighted by molar-refractivity contribution is 5.60. The van der Waals surface area contributed by atoms with Gasteiger partial charge in [-0.3, -0.25) is 0 Å². The fraction of sp³-hybridized carbons (Fsp3) is 0.263. The van der Waals surface area contributed by atoms with E-state index in [1.807, 2.05) is 6.07 Å². The molecule has 0 saturated heterocycles. The molecule has 4 rings (SSSR count). The summed E-state index contributed by atoms with van der Waals surface area (Å²) in [5.41, 5.74) is 4.89. The molecule has 1 aliphatic carbocycles. The Morgan fingerprint density at radius 3 is 2.90 bits per heavy atom. The second kappa shape index (κ2) is 4.73. The van der Waals surface area contributed by atoms with Gasteiger partial charge < -0.3 is 5.32 Å². The van der Waals surface area contributed by atoms with E-state index in [2.05, 4.69) is 42.6 Å². The summed E-state index contributed by atoms with van der Waals surface area (Å²) in [6, 6.07) is 13.7. The number of benzene rings is 2. The summed E-state index contributed by atoms with van der Waals surface area (Å²) >= 11 is 0. The molecule has 0 unspecified atom stereocenters. The van der Waals surface area contributed by atoms with Crippen molar-refractivity contribution in [2.75, 3.05) is 5.32 Å². The molecule has 1 N–H and O–H groups in total. The molecule has 2 aliphatic rings. The van der Waals surface area contributed by atoms with E-state index in [1.54, 1.807) is 12.1 Å². The van der Waals surface area contributed by atoms with Crippen LogP contribution in [0.5, 0.6) is 0 Å². The van der Waals surface area contributed by atoms with Crippen LogP contribution in [0.4, 0.5) is 10.1 Å².